The third-order valence-electron chi connectivity index (χ3n) is 3.25. The highest BCUT2D eigenvalue weighted by molar-refractivity contribution is 5.90. The predicted molar refractivity (Wildman–Crippen MR) is 83.9 cm³/mol. The second-order valence-electron chi connectivity index (χ2n) is 4.79. The second kappa shape index (κ2) is 6.86. The van der Waals surface area contributed by atoms with Crippen molar-refractivity contribution in [1.29, 1.82) is 0 Å². The van der Waals surface area contributed by atoms with E-state index in [0.717, 1.165) is 0 Å². The number of aromatic nitrogens is 2. The van der Waals surface area contributed by atoms with Gasteiger partial charge in [0.15, 0.2) is 5.76 Å². The minimum absolute atomic E-state index is 0.00104. The number of carbonyl (C=O) groups is 1. The van der Waals surface area contributed by atoms with Gasteiger partial charge in [-0.15, -0.1) is 5.10 Å². The third kappa shape index (κ3) is 3.37. The van der Waals surface area contributed by atoms with Gasteiger partial charge >= 0.3 is 6.01 Å². The topological polar surface area (TPSA) is 99.6 Å². The number of rotatable bonds is 6. The number of amides is 1. The Morgan fingerprint density at radius 2 is 2.08 bits per heavy atom. The van der Waals surface area contributed by atoms with E-state index < -0.39 is 0 Å². The molecule has 0 aliphatic carbocycles. The molecule has 24 heavy (non-hydrogen) atoms. The van der Waals surface area contributed by atoms with Crippen LogP contribution in [-0.2, 0) is 11.2 Å². The number of anilines is 1. The Balaban J connectivity index is 1.68. The first-order valence-corrected chi connectivity index (χ1v) is 7.07. The summed E-state index contributed by atoms with van der Waals surface area (Å²) in [6.45, 7) is 0. The smallest absolute Gasteiger partial charge is 0.322 e. The van der Waals surface area contributed by atoms with Crippen molar-refractivity contribution in [2.75, 3.05) is 19.5 Å². The van der Waals surface area contributed by atoms with Crippen molar-refractivity contribution in [2.24, 2.45) is 0 Å². The fourth-order valence-electron chi connectivity index (χ4n) is 2.11. The van der Waals surface area contributed by atoms with Crippen LogP contribution >= 0.6 is 0 Å². The lowest BCUT2D eigenvalue weighted by molar-refractivity contribution is -0.115. The van der Waals surface area contributed by atoms with Crippen molar-refractivity contribution >= 4 is 11.9 Å². The van der Waals surface area contributed by atoms with Crippen LogP contribution in [0, 0.1) is 0 Å². The normalized spacial score (nSPS) is 10.4. The standard InChI is InChI=1S/C16H15N3O5/c1-21-11-6-5-10(13(9-11)22-2)8-14(20)17-16-19-18-15(24-16)12-4-3-7-23-12/h3-7,9H,8H2,1-2H3,(H,17,19,20). The molecule has 1 amide bonds. The first-order valence-electron chi connectivity index (χ1n) is 7.07. The zero-order chi connectivity index (χ0) is 16.9. The first kappa shape index (κ1) is 15.6. The maximum Gasteiger partial charge on any atom is 0.322 e. The molecule has 0 spiro atoms. The molecule has 0 saturated carbocycles. The van der Waals surface area contributed by atoms with Gasteiger partial charge in [0.1, 0.15) is 11.5 Å². The number of hydrogen-bond acceptors (Lipinski definition) is 7. The Morgan fingerprint density at radius 3 is 2.79 bits per heavy atom. The molecule has 0 atom stereocenters. The summed E-state index contributed by atoms with van der Waals surface area (Å²) in [5, 5.41) is 10.1. The van der Waals surface area contributed by atoms with Gasteiger partial charge in [0.05, 0.1) is 26.9 Å². The minimum atomic E-state index is -0.312. The van der Waals surface area contributed by atoms with E-state index in [-0.39, 0.29) is 24.2 Å². The van der Waals surface area contributed by atoms with E-state index in [2.05, 4.69) is 15.5 Å². The second-order valence-corrected chi connectivity index (χ2v) is 4.79. The maximum absolute atomic E-state index is 12.2. The van der Waals surface area contributed by atoms with Crippen molar-refractivity contribution in [3.63, 3.8) is 0 Å². The monoisotopic (exact) mass is 329 g/mol. The minimum Gasteiger partial charge on any atom is -0.497 e. The average molecular weight is 329 g/mol. The first-order chi connectivity index (χ1) is 11.7. The van der Waals surface area contributed by atoms with Gasteiger partial charge in [-0.1, -0.05) is 11.2 Å². The van der Waals surface area contributed by atoms with Crippen molar-refractivity contribution in [1.82, 2.24) is 10.2 Å². The van der Waals surface area contributed by atoms with Crippen LogP contribution in [0.5, 0.6) is 11.5 Å². The number of benzene rings is 1. The largest absolute Gasteiger partial charge is 0.497 e. The van der Waals surface area contributed by atoms with Crippen LogP contribution in [0.25, 0.3) is 11.7 Å². The molecule has 0 aliphatic heterocycles. The number of furan rings is 1. The van der Waals surface area contributed by atoms with Gasteiger partial charge < -0.3 is 18.3 Å². The molecular weight excluding hydrogens is 314 g/mol. The van der Waals surface area contributed by atoms with Crippen LogP contribution in [0.2, 0.25) is 0 Å². The summed E-state index contributed by atoms with van der Waals surface area (Å²) in [7, 11) is 3.09. The summed E-state index contributed by atoms with van der Waals surface area (Å²) >= 11 is 0. The van der Waals surface area contributed by atoms with Gasteiger partial charge in [-0.25, -0.2) is 0 Å². The summed E-state index contributed by atoms with van der Waals surface area (Å²) in [6, 6.07) is 8.62. The predicted octanol–water partition coefficient (Wildman–Crippen LogP) is 2.53. The molecule has 0 fully saturated rings. The van der Waals surface area contributed by atoms with E-state index in [1.807, 2.05) is 0 Å². The quantitative estimate of drug-likeness (QED) is 0.741. The molecule has 0 saturated heterocycles. The summed E-state index contributed by atoms with van der Waals surface area (Å²) in [5.74, 6) is 1.52. The van der Waals surface area contributed by atoms with E-state index in [1.165, 1.54) is 13.4 Å². The fraction of sp³-hybridized carbons (Fsp3) is 0.188. The number of nitrogens with zero attached hydrogens (tertiary/aromatic N) is 2. The van der Waals surface area contributed by atoms with E-state index >= 15 is 0 Å². The Hall–Kier alpha value is -3.29. The van der Waals surface area contributed by atoms with Gasteiger partial charge in [0.2, 0.25) is 5.91 Å². The Labute approximate surface area is 137 Å². The maximum atomic E-state index is 12.2. The summed E-state index contributed by atoms with van der Waals surface area (Å²) in [5.41, 5.74) is 0.710. The molecule has 124 valence electrons. The fourth-order valence-corrected chi connectivity index (χ4v) is 2.11. The van der Waals surface area contributed by atoms with Crippen LogP contribution in [0.3, 0.4) is 0 Å². The van der Waals surface area contributed by atoms with Gasteiger partial charge in [0.25, 0.3) is 5.89 Å². The Bertz CT molecular complexity index is 826. The molecule has 0 radical (unpaired) electrons. The molecule has 2 aromatic heterocycles. The van der Waals surface area contributed by atoms with Crippen molar-refractivity contribution < 1.29 is 23.1 Å². The van der Waals surface area contributed by atoms with Crippen LogP contribution in [0.15, 0.2) is 45.4 Å². The highest BCUT2D eigenvalue weighted by Gasteiger charge is 2.15. The SMILES string of the molecule is COc1ccc(CC(=O)Nc2nnc(-c3ccco3)o2)c(OC)c1. The van der Waals surface area contributed by atoms with E-state index in [4.69, 9.17) is 18.3 Å². The molecule has 0 bridgehead atoms. The van der Waals surface area contributed by atoms with Crippen molar-refractivity contribution in [3.05, 3.63) is 42.2 Å². The molecule has 0 unspecified atom stereocenters. The highest BCUT2D eigenvalue weighted by Crippen LogP contribution is 2.25. The number of carbonyl (C=O) groups excluding carboxylic acids is 1. The molecular formula is C16H15N3O5. The Kier molecular flexibility index (Phi) is 4.46. The Morgan fingerprint density at radius 1 is 1.21 bits per heavy atom. The molecule has 0 aliphatic rings. The lowest BCUT2D eigenvalue weighted by Gasteiger charge is -2.09. The number of hydrogen-bond donors (Lipinski definition) is 1. The van der Waals surface area contributed by atoms with Crippen LogP contribution in [-0.4, -0.2) is 30.3 Å². The van der Waals surface area contributed by atoms with Gasteiger partial charge in [0, 0.05) is 11.6 Å². The third-order valence-corrected chi connectivity index (χ3v) is 3.25. The molecule has 1 aromatic carbocycles. The number of ether oxygens (including phenoxy) is 2. The molecule has 3 aromatic rings. The molecule has 1 N–H and O–H groups in total. The summed E-state index contributed by atoms with van der Waals surface area (Å²) in [4.78, 5) is 12.2. The summed E-state index contributed by atoms with van der Waals surface area (Å²) < 4.78 is 20.9. The van der Waals surface area contributed by atoms with Gasteiger partial charge in [-0.05, 0) is 18.2 Å². The van der Waals surface area contributed by atoms with E-state index in [1.54, 1.807) is 37.4 Å². The molecule has 8 heteroatoms. The average Bonchev–Trinajstić information content (AvgIpc) is 3.26. The zero-order valence-corrected chi connectivity index (χ0v) is 13.1. The van der Waals surface area contributed by atoms with Crippen LogP contribution in [0.4, 0.5) is 6.01 Å². The molecule has 3 rings (SSSR count). The van der Waals surface area contributed by atoms with Crippen LogP contribution in [0.1, 0.15) is 5.56 Å². The van der Waals surface area contributed by atoms with E-state index in [0.29, 0.717) is 22.8 Å². The lowest BCUT2D eigenvalue weighted by atomic mass is 10.1. The molecule has 8 nitrogen and oxygen atoms in total. The van der Waals surface area contributed by atoms with Gasteiger partial charge in [-0.2, -0.15) is 0 Å². The van der Waals surface area contributed by atoms with Crippen LogP contribution < -0.4 is 14.8 Å². The number of methoxy groups -OCH3 is 2. The van der Waals surface area contributed by atoms with Gasteiger partial charge in [-0.3, -0.25) is 10.1 Å². The van der Waals surface area contributed by atoms with Crippen molar-refractivity contribution in [3.8, 4) is 23.1 Å². The van der Waals surface area contributed by atoms with E-state index in [9.17, 15) is 4.79 Å². The summed E-state index contributed by atoms with van der Waals surface area (Å²) in [6.07, 6.45) is 1.58. The highest BCUT2D eigenvalue weighted by atomic mass is 16.5. The zero-order valence-electron chi connectivity index (χ0n) is 13.1. The van der Waals surface area contributed by atoms with Crippen molar-refractivity contribution in [2.45, 2.75) is 6.42 Å². The molecule has 2 heterocycles. The lowest BCUT2D eigenvalue weighted by Crippen LogP contribution is -2.15. The number of nitrogens with one attached hydrogen (secondary N) is 1.